The lowest BCUT2D eigenvalue weighted by molar-refractivity contribution is 0.0933. The molecule has 1 unspecified atom stereocenters. The Morgan fingerprint density at radius 1 is 1.18 bits per heavy atom. The van der Waals surface area contributed by atoms with Crippen LogP contribution in [0.15, 0.2) is 54.9 Å². The molecule has 0 aliphatic carbocycles. The van der Waals surface area contributed by atoms with E-state index >= 15 is 0 Å². The van der Waals surface area contributed by atoms with Crippen LogP contribution >= 0.6 is 0 Å². The molecule has 0 fully saturated rings. The number of para-hydroxylation sites is 1. The van der Waals surface area contributed by atoms with Crippen molar-refractivity contribution < 1.29 is 9.53 Å². The molecule has 1 amide bonds. The second-order valence-electron chi connectivity index (χ2n) is 9.08. The molecule has 0 aliphatic heterocycles. The first-order valence-corrected chi connectivity index (χ1v) is 11.6. The third-order valence-electron chi connectivity index (χ3n) is 6.04. The van der Waals surface area contributed by atoms with Crippen molar-refractivity contribution in [1.82, 2.24) is 25.0 Å². The predicted molar refractivity (Wildman–Crippen MR) is 135 cm³/mol. The standard InChI is InChI=1S/C27H33N5O2/c1-18(13-28-27(33)25-11-7-10-24-19(2)20(3)30-26(24)25)34-23-9-6-8-21(12-23)15-31(4)16-22-14-29-32(5)17-22/h6-12,14,17-18,30H,13,15-16H2,1-5H3,(H,28,33). The highest BCUT2D eigenvalue weighted by atomic mass is 16.5. The summed E-state index contributed by atoms with van der Waals surface area (Å²) >= 11 is 0. The summed E-state index contributed by atoms with van der Waals surface area (Å²) in [7, 11) is 4.02. The van der Waals surface area contributed by atoms with Crippen LogP contribution in [0.3, 0.4) is 0 Å². The molecule has 0 bridgehead atoms. The highest BCUT2D eigenvalue weighted by molar-refractivity contribution is 6.06. The van der Waals surface area contributed by atoms with E-state index in [1.165, 1.54) is 16.7 Å². The number of ether oxygens (including phenoxy) is 1. The Labute approximate surface area is 200 Å². The molecule has 4 aromatic rings. The van der Waals surface area contributed by atoms with Gasteiger partial charge in [-0.05, 0) is 57.1 Å². The molecule has 0 radical (unpaired) electrons. The van der Waals surface area contributed by atoms with Crippen LogP contribution < -0.4 is 10.1 Å². The molecular weight excluding hydrogens is 426 g/mol. The molecule has 7 nitrogen and oxygen atoms in total. The van der Waals surface area contributed by atoms with E-state index in [9.17, 15) is 4.79 Å². The number of amides is 1. The van der Waals surface area contributed by atoms with Crippen LogP contribution in [0.2, 0.25) is 0 Å². The Bertz CT molecular complexity index is 1290. The number of aromatic nitrogens is 3. The topological polar surface area (TPSA) is 75.2 Å². The lowest BCUT2D eigenvalue weighted by Gasteiger charge is -2.18. The van der Waals surface area contributed by atoms with Gasteiger partial charge in [0.05, 0.1) is 23.8 Å². The van der Waals surface area contributed by atoms with Crippen molar-refractivity contribution in [2.75, 3.05) is 13.6 Å². The summed E-state index contributed by atoms with van der Waals surface area (Å²) in [6.07, 6.45) is 3.76. The Kier molecular flexibility index (Phi) is 7.03. The average molecular weight is 460 g/mol. The monoisotopic (exact) mass is 459 g/mol. The van der Waals surface area contributed by atoms with Gasteiger partial charge in [-0.2, -0.15) is 5.10 Å². The third-order valence-corrected chi connectivity index (χ3v) is 6.04. The van der Waals surface area contributed by atoms with Gasteiger partial charge >= 0.3 is 0 Å². The van der Waals surface area contributed by atoms with Crippen molar-refractivity contribution in [1.29, 1.82) is 0 Å². The molecule has 7 heteroatoms. The van der Waals surface area contributed by atoms with E-state index in [1.807, 2.05) is 68.3 Å². The minimum Gasteiger partial charge on any atom is -0.489 e. The molecule has 34 heavy (non-hydrogen) atoms. The molecule has 178 valence electrons. The van der Waals surface area contributed by atoms with Gasteiger partial charge in [0, 0.05) is 43.0 Å². The van der Waals surface area contributed by atoms with Gasteiger partial charge in [-0.15, -0.1) is 0 Å². The fourth-order valence-electron chi connectivity index (χ4n) is 4.23. The fourth-order valence-corrected chi connectivity index (χ4v) is 4.23. The van der Waals surface area contributed by atoms with Crippen LogP contribution in [-0.4, -0.2) is 45.3 Å². The van der Waals surface area contributed by atoms with Crippen LogP contribution in [0.1, 0.15) is 39.7 Å². The van der Waals surface area contributed by atoms with Gasteiger partial charge in [-0.1, -0.05) is 24.3 Å². The van der Waals surface area contributed by atoms with E-state index in [-0.39, 0.29) is 12.0 Å². The third kappa shape index (κ3) is 5.48. The van der Waals surface area contributed by atoms with E-state index in [2.05, 4.69) is 46.4 Å². The Morgan fingerprint density at radius 2 is 1.94 bits per heavy atom. The molecule has 0 aliphatic rings. The summed E-state index contributed by atoms with van der Waals surface area (Å²) in [5.41, 5.74) is 6.14. The molecule has 2 heterocycles. The van der Waals surface area contributed by atoms with Crippen LogP contribution in [0.25, 0.3) is 10.9 Å². The summed E-state index contributed by atoms with van der Waals surface area (Å²) in [6.45, 7) is 8.10. The summed E-state index contributed by atoms with van der Waals surface area (Å²) in [5.74, 6) is 0.694. The number of nitrogens with zero attached hydrogens (tertiary/aromatic N) is 3. The average Bonchev–Trinajstić information content (AvgIpc) is 3.34. The minimum absolute atomic E-state index is 0.104. The lowest BCUT2D eigenvalue weighted by Crippen LogP contribution is -2.33. The van der Waals surface area contributed by atoms with Gasteiger partial charge in [0.2, 0.25) is 0 Å². The number of H-pyrrole nitrogens is 1. The quantitative estimate of drug-likeness (QED) is 0.390. The zero-order chi connectivity index (χ0) is 24.2. The van der Waals surface area contributed by atoms with Crippen LogP contribution in [0.4, 0.5) is 0 Å². The number of hydrogen-bond donors (Lipinski definition) is 2. The number of fused-ring (bicyclic) bond motifs is 1. The maximum absolute atomic E-state index is 12.9. The van der Waals surface area contributed by atoms with Gasteiger partial charge in [0.15, 0.2) is 0 Å². The highest BCUT2D eigenvalue weighted by Gasteiger charge is 2.15. The summed E-state index contributed by atoms with van der Waals surface area (Å²) in [4.78, 5) is 18.4. The van der Waals surface area contributed by atoms with Crippen LogP contribution in [0, 0.1) is 13.8 Å². The molecule has 4 rings (SSSR count). The highest BCUT2D eigenvalue weighted by Crippen LogP contribution is 2.24. The molecule has 2 aromatic carbocycles. The summed E-state index contributed by atoms with van der Waals surface area (Å²) in [5, 5.41) is 8.33. The van der Waals surface area contributed by atoms with Gasteiger partial charge in [0.1, 0.15) is 11.9 Å². The zero-order valence-corrected chi connectivity index (χ0v) is 20.6. The molecule has 0 saturated heterocycles. The van der Waals surface area contributed by atoms with Gasteiger partial charge < -0.3 is 15.0 Å². The Hall–Kier alpha value is -3.58. The molecular formula is C27H33N5O2. The number of aryl methyl sites for hydroxylation is 3. The first-order chi connectivity index (χ1) is 16.3. The first kappa shape index (κ1) is 23.6. The predicted octanol–water partition coefficient (Wildman–Crippen LogP) is 4.35. The fraction of sp³-hybridized carbons (Fsp3) is 0.333. The van der Waals surface area contributed by atoms with Gasteiger partial charge in [-0.3, -0.25) is 14.4 Å². The van der Waals surface area contributed by atoms with Crippen molar-refractivity contribution >= 4 is 16.8 Å². The smallest absolute Gasteiger partial charge is 0.253 e. The van der Waals surface area contributed by atoms with Gasteiger partial charge in [0.25, 0.3) is 5.91 Å². The summed E-state index contributed by atoms with van der Waals surface area (Å²) in [6, 6.07) is 13.9. The number of carbonyl (C=O) groups excluding carboxylic acids is 1. The van der Waals surface area contributed by atoms with Crippen LogP contribution in [-0.2, 0) is 20.1 Å². The van der Waals surface area contributed by atoms with E-state index in [0.29, 0.717) is 12.1 Å². The minimum atomic E-state index is -0.168. The van der Waals surface area contributed by atoms with Crippen molar-refractivity contribution in [2.24, 2.45) is 7.05 Å². The number of nitrogens with one attached hydrogen (secondary N) is 2. The summed E-state index contributed by atoms with van der Waals surface area (Å²) < 4.78 is 7.92. The maximum atomic E-state index is 12.9. The SMILES string of the molecule is Cc1[nH]c2c(C(=O)NCC(C)Oc3cccc(CN(C)Cc4cnn(C)c4)c3)cccc2c1C. The van der Waals surface area contributed by atoms with E-state index in [1.54, 1.807) is 0 Å². The second kappa shape index (κ2) is 10.1. The van der Waals surface area contributed by atoms with Crippen molar-refractivity contribution in [3.8, 4) is 5.75 Å². The molecule has 0 saturated carbocycles. The molecule has 1 atom stereocenters. The molecule has 2 N–H and O–H groups in total. The lowest BCUT2D eigenvalue weighted by atomic mass is 10.1. The van der Waals surface area contributed by atoms with E-state index in [4.69, 9.17) is 4.74 Å². The zero-order valence-electron chi connectivity index (χ0n) is 20.6. The number of benzene rings is 2. The number of aromatic amines is 1. The number of hydrogen-bond acceptors (Lipinski definition) is 4. The first-order valence-electron chi connectivity index (χ1n) is 11.6. The van der Waals surface area contributed by atoms with E-state index < -0.39 is 0 Å². The largest absolute Gasteiger partial charge is 0.489 e. The van der Waals surface area contributed by atoms with Crippen LogP contribution in [0.5, 0.6) is 5.75 Å². The Morgan fingerprint density at radius 3 is 2.71 bits per heavy atom. The van der Waals surface area contributed by atoms with Crippen molar-refractivity contribution in [2.45, 2.75) is 40.0 Å². The normalized spacial score (nSPS) is 12.3. The number of rotatable bonds is 9. The van der Waals surface area contributed by atoms with E-state index in [0.717, 1.165) is 35.4 Å². The second-order valence-corrected chi connectivity index (χ2v) is 9.08. The van der Waals surface area contributed by atoms with Crippen molar-refractivity contribution in [3.05, 3.63) is 82.8 Å². The Balaban J connectivity index is 1.32. The van der Waals surface area contributed by atoms with Gasteiger partial charge in [-0.25, -0.2) is 0 Å². The number of carbonyl (C=O) groups is 1. The maximum Gasteiger partial charge on any atom is 0.253 e. The molecule has 2 aromatic heterocycles. The molecule has 0 spiro atoms. The van der Waals surface area contributed by atoms with Crippen molar-refractivity contribution in [3.63, 3.8) is 0 Å².